The molecule has 2 aromatic carbocycles. The summed E-state index contributed by atoms with van der Waals surface area (Å²) in [7, 11) is -3.90. The third kappa shape index (κ3) is 4.30. The van der Waals surface area contributed by atoms with Gasteiger partial charge in [0.1, 0.15) is 0 Å². The standard InChI is InChI=1S/C16H13ClN4O5S/c1-10-8-13(6-7-14(10)21(22)23)27(24,25)18-9-15-19-16(20-26-15)11-2-4-12(17)5-3-11/h2-8,18H,9H2,1H3. The molecule has 0 saturated heterocycles. The van der Waals surface area contributed by atoms with Crippen molar-refractivity contribution in [3.05, 3.63) is 69.1 Å². The van der Waals surface area contributed by atoms with Crippen LogP contribution in [0.4, 0.5) is 5.69 Å². The molecular weight excluding hydrogens is 396 g/mol. The van der Waals surface area contributed by atoms with Crippen molar-refractivity contribution >= 4 is 27.3 Å². The quantitative estimate of drug-likeness (QED) is 0.490. The van der Waals surface area contributed by atoms with E-state index < -0.39 is 14.9 Å². The van der Waals surface area contributed by atoms with Gasteiger partial charge in [0.25, 0.3) is 5.69 Å². The maximum absolute atomic E-state index is 12.4. The van der Waals surface area contributed by atoms with Crippen molar-refractivity contribution in [1.29, 1.82) is 0 Å². The lowest BCUT2D eigenvalue weighted by Gasteiger charge is -2.05. The minimum Gasteiger partial charge on any atom is -0.338 e. The van der Waals surface area contributed by atoms with Crippen molar-refractivity contribution < 1.29 is 17.9 Å². The second-order valence-electron chi connectivity index (χ2n) is 5.55. The van der Waals surface area contributed by atoms with E-state index in [-0.39, 0.29) is 28.6 Å². The summed E-state index contributed by atoms with van der Waals surface area (Å²) < 4.78 is 32.1. The normalized spacial score (nSPS) is 11.5. The Balaban J connectivity index is 1.73. The Hall–Kier alpha value is -2.82. The number of halogens is 1. The molecule has 9 nitrogen and oxygen atoms in total. The van der Waals surface area contributed by atoms with Crippen molar-refractivity contribution in [3.63, 3.8) is 0 Å². The van der Waals surface area contributed by atoms with Gasteiger partial charge in [0.15, 0.2) is 0 Å². The number of aryl methyl sites for hydroxylation is 1. The van der Waals surface area contributed by atoms with Crippen molar-refractivity contribution in [2.24, 2.45) is 0 Å². The first-order chi connectivity index (χ1) is 12.8. The van der Waals surface area contributed by atoms with Gasteiger partial charge in [-0.2, -0.15) is 4.98 Å². The molecule has 0 unspecified atom stereocenters. The second kappa shape index (κ2) is 7.43. The van der Waals surface area contributed by atoms with Crippen LogP contribution in [0.5, 0.6) is 0 Å². The van der Waals surface area contributed by atoms with E-state index >= 15 is 0 Å². The van der Waals surface area contributed by atoms with Crippen LogP contribution in [0.25, 0.3) is 11.4 Å². The van der Waals surface area contributed by atoms with Gasteiger partial charge in [0, 0.05) is 22.2 Å². The van der Waals surface area contributed by atoms with Crippen molar-refractivity contribution in [3.8, 4) is 11.4 Å². The van der Waals surface area contributed by atoms with Crippen LogP contribution in [-0.2, 0) is 16.6 Å². The fraction of sp³-hybridized carbons (Fsp3) is 0.125. The first kappa shape index (κ1) is 19.0. The molecule has 0 amide bonds. The minimum absolute atomic E-state index is 0.0714. The van der Waals surface area contributed by atoms with Gasteiger partial charge < -0.3 is 4.52 Å². The van der Waals surface area contributed by atoms with E-state index in [2.05, 4.69) is 14.9 Å². The molecule has 3 rings (SSSR count). The SMILES string of the molecule is Cc1cc(S(=O)(=O)NCc2nc(-c3ccc(Cl)cc3)no2)ccc1[N+](=O)[O-]. The lowest BCUT2D eigenvalue weighted by molar-refractivity contribution is -0.385. The fourth-order valence-electron chi connectivity index (χ4n) is 2.28. The zero-order valence-electron chi connectivity index (χ0n) is 13.9. The Morgan fingerprint density at radius 1 is 1.22 bits per heavy atom. The van der Waals surface area contributed by atoms with Crippen LogP contribution in [0.2, 0.25) is 5.02 Å². The molecule has 0 atom stereocenters. The molecule has 1 aromatic heterocycles. The van der Waals surface area contributed by atoms with Crippen LogP contribution < -0.4 is 4.72 Å². The third-order valence-electron chi connectivity index (χ3n) is 3.66. The average Bonchev–Trinajstić information content (AvgIpc) is 3.09. The zero-order chi connectivity index (χ0) is 19.6. The van der Waals surface area contributed by atoms with E-state index in [1.165, 1.54) is 19.1 Å². The minimum atomic E-state index is -3.90. The molecule has 0 bridgehead atoms. The first-order valence-corrected chi connectivity index (χ1v) is 9.45. The van der Waals surface area contributed by atoms with Crippen LogP contribution >= 0.6 is 11.6 Å². The predicted octanol–water partition coefficient (Wildman–Crippen LogP) is 3.09. The van der Waals surface area contributed by atoms with Crippen LogP contribution in [-0.4, -0.2) is 23.5 Å². The summed E-state index contributed by atoms with van der Waals surface area (Å²) in [5, 5.41) is 15.2. The average molecular weight is 409 g/mol. The topological polar surface area (TPSA) is 128 Å². The maximum atomic E-state index is 12.4. The number of benzene rings is 2. The van der Waals surface area contributed by atoms with Gasteiger partial charge in [-0.25, -0.2) is 13.1 Å². The maximum Gasteiger partial charge on any atom is 0.272 e. The van der Waals surface area contributed by atoms with Gasteiger partial charge >= 0.3 is 0 Å². The van der Waals surface area contributed by atoms with Crippen LogP contribution in [0, 0.1) is 17.0 Å². The molecule has 0 radical (unpaired) electrons. The molecule has 11 heteroatoms. The van der Waals surface area contributed by atoms with Crippen LogP contribution in [0.1, 0.15) is 11.5 Å². The number of aromatic nitrogens is 2. The molecule has 140 valence electrons. The largest absolute Gasteiger partial charge is 0.338 e. The number of nitro benzene ring substituents is 1. The molecule has 0 aliphatic carbocycles. The summed E-state index contributed by atoms with van der Waals surface area (Å²) in [6.07, 6.45) is 0. The summed E-state index contributed by atoms with van der Waals surface area (Å²) in [6.45, 7) is 1.24. The van der Waals surface area contributed by atoms with Crippen molar-refractivity contribution in [2.45, 2.75) is 18.4 Å². The monoisotopic (exact) mass is 408 g/mol. The van der Waals surface area contributed by atoms with Gasteiger partial charge in [-0.1, -0.05) is 16.8 Å². The summed E-state index contributed by atoms with van der Waals surface area (Å²) in [5.41, 5.74) is 0.757. The molecule has 0 aliphatic heterocycles. The lowest BCUT2D eigenvalue weighted by atomic mass is 10.2. The molecule has 0 aliphatic rings. The van der Waals surface area contributed by atoms with Crippen LogP contribution in [0.3, 0.4) is 0 Å². The smallest absolute Gasteiger partial charge is 0.272 e. The van der Waals surface area contributed by atoms with Crippen molar-refractivity contribution in [2.75, 3.05) is 0 Å². The van der Waals surface area contributed by atoms with Gasteiger partial charge in [-0.15, -0.1) is 0 Å². The lowest BCUT2D eigenvalue weighted by Crippen LogP contribution is -2.23. The summed E-state index contributed by atoms with van der Waals surface area (Å²) in [5.74, 6) is 0.370. The number of hydrogen-bond donors (Lipinski definition) is 1. The first-order valence-electron chi connectivity index (χ1n) is 7.59. The number of nitrogens with zero attached hydrogens (tertiary/aromatic N) is 3. The summed E-state index contributed by atoms with van der Waals surface area (Å²) in [6, 6.07) is 10.3. The number of hydrogen-bond acceptors (Lipinski definition) is 7. The highest BCUT2D eigenvalue weighted by atomic mass is 35.5. The highest BCUT2D eigenvalue weighted by molar-refractivity contribution is 7.89. The summed E-state index contributed by atoms with van der Waals surface area (Å²) in [4.78, 5) is 14.3. The number of sulfonamides is 1. The van der Waals surface area contributed by atoms with Gasteiger partial charge in [0.2, 0.25) is 21.7 Å². The Kier molecular flexibility index (Phi) is 5.22. The Labute approximate surface area is 159 Å². The Morgan fingerprint density at radius 3 is 2.56 bits per heavy atom. The van der Waals surface area contributed by atoms with Gasteiger partial charge in [-0.05, 0) is 43.3 Å². The molecule has 1 heterocycles. The van der Waals surface area contributed by atoms with E-state index in [9.17, 15) is 18.5 Å². The second-order valence-corrected chi connectivity index (χ2v) is 7.75. The highest BCUT2D eigenvalue weighted by Crippen LogP contribution is 2.22. The van der Waals surface area contributed by atoms with E-state index in [0.717, 1.165) is 6.07 Å². The predicted molar refractivity (Wildman–Crippen MR) is 96.6 cm³/mol. The fourth-order valence-corrected chi connectivity index (χ4v) is 3.47. The molecule has 0 spiro atoms. The Bertz CT molecular complexity index is 1100. The van der Waals surface area contributed by atoms with Gasteiger partial charge in [-0.3, -0.25) is 10.1 Å². The number of rotatable bonds is 6. The van der Waals surface area contributed by atoms with E-state index in [1.54, 1.807) is 24.3 Å². The highest BCUT2D eigenvalue weighted by Gasteiger charge is 2.19. The van der Waals surface area contributed by atoms with E-state index in [1.807, 2.05) is 0 Å². The Morgan fingerprint density at radius 2 is 1.93 bits per heavy atom. The van der Waals surface area contributed by atoms with E-state index in [4.69, 9.17) is 16.1 Å². The zero-order valence-corrected chi connectivity index (χ0v) is 15.5. The van der Waals surface area contributed by atoms with Gasteiger partial charge in [0.05, 0.1) is 16.4 Å². The number of nitro groups is 1. The number of nitrogens with one attached hydrogen (secondary N) is 1. The van der Waals surface area contributed by atoms with Crippen LogP contribution in [0.15, 0.2) is 51.9 Å². The molecular formula is C16H13ClN4O5S. The molecule has 3 aromatic rings. The van der Waals surface area contributed by atoms with E-state index in [0.29, 0.717) is 16.4 Å². The molecule has 0 fully saturated rings. The third-order valence-corrected chi connectivity index (χ3v) is 5.31. The summed E-state index contributed by atoms with van der Waals surface area (Å²) >= 11 is 5.82. The molecule has 1 N–H and O–H groups in total. The molecule has 27 heavy (non-hydrogen) atoms. The molecule has 0 saturated carbocycles. The van der Waals surface area contributed by atoms with Crippen molar-refractivity contribution in [1.82, 2.24) is 14.9 Å².